The van der Waals surface area contributed by atoms with Crippen LogP contribution in [0.1, 0.15) is 26.2 Å². The lowest BCUT2D eigenvalue weighted by molar-refractivity contribution is 0.00158. The Kier molecular flexibility index (Phi) is 2.58. The third kappa shape index (κ3) is 1.60. The molecule has 0 aromatic rings. The number of aliphatic hydroxyl groups excluding tert-OH is 1. The number of rotatable bonds is 2. The van der Waals surface area contributed by atoms with E-state index in [0.717, 1.165) is 25.9 Å². The van der Waals surface area contributed by atoms with Gasteiger partial charge in [0.2, 0.25) is 0 Å². The molecule has 3 nitrogen and oxygen atoms in total. The maximum Gasteiger partial charge on any atom is 0.0745 e. The van der Waals surface area contributed by atoms with E-state index in [1.165, 1.54) is 0 Å². The van der Waals surface area contributed by atoms with Crippen LogP contribution in [-0.4, -0.2) is 48.0 Å². The summed E-state index contributed by atoms with van der Waals surface area (Å²) in [6, 6.07) is 0.999. The van der Waals surface area contributed by atoms with Crippen LogP contribution >= 0.6 is 0 Å². The van der Waals surface area contributed by atoms with E-state index in [0.29, 0.717) is 18.2 Å². The Labute approximate surface area is 79.7 Å². The molecule has 13 heavy (non-hydrogen) atoms. The van der Waals surface area contributed by atoms with Gasteiger partial charge in [0.15, 0.2) is 0 Å². The summed E-state index contributed by atoms with van der Waals surface area (Å²) in [5.41, 5.74) is 0. The zero-order valence-corrected chi connectivity index (χ0v) is 8.44. The van der Waals surface area contributed by atoms with Crippen molar-refractivity contribution in [2.75, 3.05) is 13.7 Å². The highest BCUT2D eigenvalue weighted by Crippen LogP contribution is 2.35. The van der Waals surface area contributed by atoms with Gasteiger partial charge in [-0.1, -0.05) is 0 Å². The quantitative estimate of drug-likeness (QED) is 0.684. The summed E-state index contributed by atoms with van der Waals surface area (Å²) in [6.07, 6.45) is 3.18. The Morgan fingerprint density at radius 1 is 1.38 bits per heavy atom. The van der Waals surface area contributed by atoms with Gasteiger partial charge in [0.25, 0.3) is 0 Å². The summed E-state index contributed by atoms with van der Waals surface area (Å²) in [5, 5.41) is 9.61. The second-order valence-electron chi connectivity index (χ2n) is 4.24. The molecule has 2 rings (SSSR count). The monoisotopic (exact) mass is 185 g/mol. The molecule has 2 saturated heterocycles. The SMILES string of the molecule is CCOC1CC2CC(O)CC1N2C. The van der Waals surface area contributed by atoms with Crippen molar-refractivity contribution in [1.82, 2.24) is 4.90 Å². The van der Waals surface area contributed by atoms with E-state index in [4.69, 9.17) is 4.74 Å². The molecule has 0 aromatic heterocycles. The van der Waals surface area contributed by atoms with Gasteiger partial charge in [-0.25, -0.2) is 0 Å². The fourth-order valence-corrected chi connectivity index (χ4v) is 2.79. The molecule has 2 aliphatic heterocycles. The normalized spacial score (nSPS) is 45.5. The zero-order valence-electron chi connectivity index (χ0n) is 8.44. The number of ether oxygens (including phenoxy) is 1. The van der Waals surface area contributed by atoms with Crippen molar-refractivity contribution < 1.29 is 9.84 Å². The molecule has 3 heteroatoms. The van der Waals surface area contributed by atoms with Crippen molar-refractivity contribution in [1.29, 1.82) is 0 Å². The first-order valence-electron chi connectivity index (χ1n) is 5.24. The number of nitrogens with zero attached hydrogens (tertiary/aromatic N) is 1. The van der Waals surface area contributed by atoms with E-state index in [1.807, 2.05) is 6.92 Å². The first-order valence-corrected chi connectivity index (χ1v) is 5.24. The Morgan fingerprint density at radius 2 is 2.15 bits per heavy atom. The maximum atomic E-state index is 9.61. The average molecular weight is 185 g/mol. The minimum Gasteiger partial charge on any atom is -0.393 e. The fourth-order valence-electron chi connectivity index (χ4n) is 2.79. The number of aliphatic hydroxyl groups is 1. The third-order valence-electron chi connectivity index (χ3n) is 3.47. The van der Waals surface area contributed by atoms with Gasteiger partial charge in [-0.05, 0) is 33.2 Å². The van der Waals surface area contributed by atoms with Crippen LogP contribution in [0.3, 0.4) is 0 Å². The van der Waals surface area contributed by atoms with Crippen LogP contribution in [0.4, 0.5) is 0 Å². The molecule has 0 amide bonds. The molecule has 2 heterocycles. The van der Waals surface area contributed by atoms with Crippen LogP contribution < -0.4 is 0 Å². The van der Waals surface area contributed by atoms with E-state index in [9.17, 15) is 5.11 Å². The predicted octanol–water partition coefficient (Wildman–Crippen LogP) is 0.619. The maximum absolute atomic E-state index is 9.61. The van der Waals surface area contributed by atoms with E-state index in [2.05, 4.69) is 11.9 Å². The predicted molar refractivity (Wildman–Crippen MR) is 50.6 cm³/mol. The fraction of sp³-hybridized carbons (Fsp3) is 1.00. The Bertz CT molecular complexity index is 186. The van der Waals surface area contributed by atoms with Crippen LogP contribution in [0.2, 0.25) is 0 Å². The van der Waals surface area contributed by atoms with E-state index >= 15 is 0 Å². The molecule has 2 bridgehead atoms. The van der Waals surface area contributed by atoms with Crippen LogP contribution in [0, 0.1) is 0 Å². The number of likely N-dealkylation sites (N-methyl/N-ethyl adjacent to an activating group) is 1. The van der Waals surface area contributed by atoms with Crippen molar-refractivity contribution in [3.05, 3.63) is 0 Å². The number of fused-ring (bicyclic) bond motifs is 2. The van der Waals surface area contributed by atoms with Crippen molar-refractivity contribution >= 4 is 0 Å². The molecule has 2 aliphatic rings. The van der Waals surface area contributed by atoms with Gasteiger partial charge in [-0.3, -0.25) is 4.90 Å². The second kappa shape index (κ2) is 3.56. The summed E-state index contributed by atoms with van der Waals surface area (Å²) < 4.78 is 5.68. The summed E-state index contributed by atoms with van der Waals surface area (Å²) >= 11 is 0. The van der Waals surface area contributed by atoms with Crippen molar-refractivity contribution in [3.63, 3.8) is 0 Å². The number of hydrogen-bond donors (Lipinski definition) is 1. The second-order valence-corrected chi connectivity index (χ2v) is 4.24. The largest absolute Gasteiger partial charge is 0.393 e. The molecular formula is C10H19NO2. The van der Waals surface area contributed by atoms with Crippen LogP contribution in [-0.2, 0) is 4.74 Å². The summed E-state index contributed by atoms with van der Waals surface area (Å²) in [6.45, 7) is 2.83. The molecule has 1 N–H and O–H groups in total. The number of hydrogen-bond acceptors (Lipinski definition) is 3. The molecular weight excluding hydrogens is 166 g/mol. The highest BCUT2D eigenvalue weighted by atomic mass is 16.5. The Hall–Kier alpha value is -0.120. The minimum absolute atomic E-state index is 0.100. The van der Waals surface area contributed by atoms with Crippen molar-refractivity contribution in [2.45, 2.75) is 50.5 Å². The van der Waals surface area contributed by atoms with Gasteiger partial charge in [0, 0.05) is 18.7 Å². The Morgan fingerprint density at radius 3 is 2.85 bits per heavy atom. The van der Waals surface area contributed by atoms with E-state index in [1.54, 1.807) is 0 Å². The standard InChI is InChI=1S/C10H19NO2/c1-3-13-10-5-7-4-8(12)6-9(10)11(7)2/h7-10,12H,3-6H2,1-2H3. The molecule has 0 aliphatic carbocycles. The molecule has 0 spiro atoms. The van der Waals surface area contributed by atoms with Crippen LogP contribution in [0.5, 0.6) is 0 Å². The zero-order chi connectivity index (χ0) is 9.42. The topological polar surface area (TPSA) is 32.7 Å². The molecule has 0 aromatic carbocycles. The highest BCUT2D eigenvalue weighted by Gasteiger charge is 2.44. The minimum atomic E-state index is -0.100. The van der Waals surface area contributed by atoms with Gasteiger partial charge in [0.05, 0.1) is 12.2 Å². The average Bonchev–Trinajstić information content (AvgIpc) is 2.31. The Balaban J connectivity index is 2.04. The smallest absolute Gasteiger partial charge is 0.0745 e. The van der Waals surface area contributed by atoms with Gasteiger partial charge >= 0.3 is 0 Å². The first-order chi connectivity index (χ1) is 6.22. The van der Waals surface area contributed by atoms with Gasteiger partial charge in [-0.15, -0.1) is 0 Å². The lowest BCUT2D eigenvalue weighted by Crippen LogP contribution is -2.44. The summed E-state index contributed by atoms with van der Waals surface area (Å²) in [7, 11) is 2.15. The first kappa shape index (κ1) is 9.44. The molecule has 4 unspecified atom stereocenters. The van der Waals surface area contributed by atoms with E-state index < -0.39 is 0 Å². The number of piperidine rings is 1. The lowest BCUT2D eigenvalue weighted by Gasteiger charge is -2.34. The summed E-state index contributed by atoms with van der Waals surface area (Å²) in [5.74, 6) is 0. The molecule has 0 radical (unpaired) electrons. The van der Waals surface area contributed by atoms with E-state index in [-0.39, 0.29) is 6.10 Å². The molecule has 0 saturated carbocycles. The van der Waals surface area contributed by atoms with Crippen LogP contribution in [0.15, 0.2) is 0 Å². The lowest BCUT2D eigenvalue weighted by atomic mass is 10.0. The molecule has 4 atom stereocenters. The van der Waals surface area contributed by atoms with Gasteiger partial charge < -0.3 is 9.84 Å². The molecule has 2 fully saturated rings. The van der Waals surface area contributed by atoms with Crippen LogP contribution in [0.25, 0.3) is 0 Å². The highest BCUT2D eigenvalue weighted by molar-refractivity contribution is 4.99. The van der Waals surface area contributed by atoms with Gasteiger partial charge in [-0.2, -0.15) is 0 Å². The molecule has 76 valence electrons. The third-order valence-corrected chi connectivity index (χ3v) is 3.47. The summed E-state index contributed by atoms with van der Waals surface area (Å²) in [4.78, 5) is 2.38. The van der Waals surface area contributed by atoms with Crippen molar-refractivity contribution in [3.8, 4) is 0 Å². The van der Waals surface area contributed by atoms with Gasteiger partial charge in [0.1, 0.15) is 0 Å². The van der Waals surface area contributed by atoms with Crippen molar-refractivity contribution in [2.24, 2.45) is 0 Å².